The van der Waals surface area contributed by atoms with Crippen molar-refractivity contribution in [1.82, 2.24) is 9.97 Å². The zero-order chi connectivity index (χ0) is 16.1. The molecule has 2 aromatic rings. The molecule has 116 valence electrons. The van der Waals surface area contributed by atoms with E-state index in [9.17, 15) is 4.79 Å². The van der Waals surface area contributed by atoms with Gasteiger partial charge in [0.25, 0.3) is 5.91 Å². The lowest BCUT2D eigenvalue weighted by atomic mass is 10.1. The lowest BCUT2D eigenvalue weighted by molar-refractivity contribution is 0.102. The van der Waals surface area contributed by atoms with Crippen LogP contribution in [-0.2, 0) is 0 Å². The number of benzene rings is 1. The second-order valence-electron chi connectivity index (χ2n) is 5.31. The van der Waals surface area contributed by atoms with Crippen LogP contribution < -0.4 is 10.6 Å². The number of anilines is 2. The number of hydrogen-bond donors (Lipinski definition) is 2. The van der Waals surface area contributed by atoms with Crippen molar-refractivity contribution in [2.75, 3.05) is 17.2 Å². The number of aryl methyl sites for hydroxylation is 2. The molecule has 1 aromatic heterocycles. The molecule has 2 N–H and O–H groups in total. The Bertz CT molecular complexity index is 682. The Hall–Kier alpha value is -2.43. The number of rotatable bonds is 5. The fraction of sp³-hybridized carbons (Fsp3) is 0.353. The summed E-state index contributed by atoms with van der Waals surface area (Å²) in [6.45, 7) is 8.69. The first-order valence-corrected chi connectivity index (χ1v) is 7.48. The minimum Gasteiger partial charge on any atom is -0.370 e. The lowest BCUT2D eigenvalue weighted by Gasteiger charge is -2.11. The quantitative estimate of drug-likeness (QED) is 0.887. The summed E-state index contributed by atoms with van der Waals surface area (Å²) in [5.41, 5.74) is 3.38. The van der Waals surface area contributed by atoms with Crippen LogP contribution in [0.3, 0.4) is 0 Å². The summed E-state index contributed by atoms with van der Waals surface area (Å²) in [5.74, 6) is 1.03. The number of carbonyl (C=O) groups excluding carboxylic acids is 1. The van der Waals surface area contributed by atoms with Crippen LogP contribution in [0.4, 0.5) is 11.5 Å². The third-order valence-electron chi connectivity index (χ3n) is 3.48. The molecule has 0 aliphatic rings. The van der Waals surface area contributed by atoms with Crippen molar-refractivity contribution in [3.63, 3.8) is 0 Å². The standard InChI is InChI=1S/C17H22N4O/c1-5-9-18-16-10-15(19-13(4)20-16)17(22)21-14-8-6-7-11(2)12(14)3/h6-8,10H,5,9H2,1-4H3,(H,21,22)(H,18,19,20). The van der Waals surface area contributed by atoms with Crippen LogP contribution in [0.2, 0.25) is 0 Å². The molecule has 0 saturated heterocycles. The first-order chi connectivity index (χ1) is 10.5. The minimum atomic E-state index is -0.223. The second kappa shape index (κ2) is 7.02. The van der Waals surface area contributed by atoms with Crippen molar-refractivity contribution < 1.29 is 4.79 Å². The third-order valence-corrected chi connectivity index (χ3v) is 3.48. The van der Waals surface area contributed by atoms with Gasteiger partial charge in [-0.25, -0.2) is 9.97 Å². The predicted octanol–water partition coefficient (Wildman–Crippen LogP) is 3.48. The Morgan fingerprint density at radius 1 is 1.18 bits per heavy atom. The van der Waals surface area contributed by atoms with Crippen molar-refractivity contribution >= 4 is 17.4 Å². The predicted molar refractivity (Wildman–Crippen MR) is 89.4 cm³/mol. The molecule has 0 aliphatic carbocycles. The van der Waals surface area contributed by atoms with Gasteiger partial charge in [-0.15, -0.1) is 0 Å². The number of carbonyl (C=O) groups is 1. The molecule has 0 unspecified atom stereocenters. The van der Waals surface area contributed by atoms with E-state index in [0.717, 1.165) is 29.8 Å². The van der Waals surface area contributed by atoms with Crippen molar-refractivity contribution in [2.24, 2.45) is 0 Å². The molecule has 1 heterocycles. The number of nitrogens with one attached hydrogen (secondary N) is 2. The highest BCUT2D eigenvalue weighted by atomic mass is 16.1. The van der Waals surface area contributed by atoms with Crippen molar-refractivity contribution in [2.45, 2.75) is 34.1 Å². The average Bonchev–Trinajstić information content (AvgIpc) is 2.49. The van der Waals surface area contributed by atoms with E-state index in [1.807, 2.05) is 32.0 Å². The van der Waals surface area contributed by atoms with Gasteiger partial charge in [0, 0.05) is 18.3 Å². The highest BCUT2D eigenvalue weighted by molar-refractivity contribution is 6.03. The molecule has 2 rings (SSSR count). The van der Waals surface area contributed by atoms with Crippen LogP contribution in [0.15, 0.2) is 24.3 Å². The maximum absolute atomic E-state index is 12.4. The Balaban J connectivity index is 2.22. The van der Waals surface area contributed by atoms with Crippen LogP contribution in [0.25, 0.3) is 0 Å². The van der Waals surface area contributed by atoms with Crippen LogP contribution in [0.1, 0.15) is 40.8 Å². The molecule has 1 amide bonds. The summed E-state index contributed by atoms with van der Waals surface area (Å²) < 4.78 is 0. The Kier molecular flexibility index (Phi) is 5.09. The number of hydrogen-bond acceptors (Lipinski definition) is 4. The third kappa shape index (κ3) is 3.81. The van der Waals surface area contributed by atoms with Crippen molar-refractivity contribution in [3.8, 4) is 0 Å². The van der Waals surface area contributed by atoms with Crippen LogP contribution in [0.5, 0.6) is 0 Å². The van der Waals surface area contributed by atoms with E-state index >= 15 is 0 Å². The number of aromatic nitrogens is 2. The van der Waals surface area contributed by atoms with Crippen molar-refractivity contribution in [1.29, 1.82) is 0 Å². The zero-order valence-corrected chi connectivity index (χ0v) is 13.5. The summed E-state index contributed by atoms with van der Waals surface area (Å²) in [7, 11) is 0. The maximum atomic E-state index is 12.4. The molecule has 0 saturated carbocycles. The molecule has 22 heavy (non-hydrogen) atoms. The van der Waals surface area contributed by atoms with E-state index in [0.29, 0.717) is 17.3 Å². The molecule has 0 aliphatic heterocycles. The van der Waals surface area contributed by atoms with Crippen LogP contribution in [0, 0.1) is 20.8 Å². The monoisotopic (exact) mass is 298 g/mol. The molecule has 0 bridgehead atoms. The topological polar surface area (TPSA) is 66.9 Å². The fourth-order valence-electron chi connectivity index (χ4n) is 2.10. The molecule has 0 fully saturated rings. The molecule has 0 radical (unpaired) electrons. The van der Waals surface area contributed by atoms with E-state index in [2.05, 4.69) is 27.5 Å². The van der Waals surface area contributed by atoms with Gasteiger partial charge in [0.15, 0.2) is 0 Å². The highest BCUT2D eigenvalue weighted by Crippen LogP contribution is 2.19. The summed E-state index contributed by atoms with van der Waals surface area (Å²) in [5, 5.41) is 6.10. The SMILES string of the molecule is CCCNc1cc(C(=O)Nc2cccc(C)c2C)nc(C)n1. The summed E-state index contributed by atoms with van der Waals surface area (Å²) in [6, 6.07) is 7.53. The largest absolute Gasteiger partial charge is 0.370 e. The van der Waals surface area contributed by atoms with Gasteiger partial charge in [-0.3, -0.25) is 4.79 Å². The molecule has 5 nitrogen and oxygen atoms in total. The normalized spacial score (nSPS) is 10.4. The van der Waals surface area contributed by atoms with Gasteiger partial charge in [0.05, 0.1) is 0 Å². The highest BCUT2D eigenvalue weighted by Gasteiger charge is 2.12. The van der Waals surface area contributed by atoms with Gasteiger partial charge in [-0.1, -0.05) is 19.1 Å². The van der Waals surface area contributed by atoms with Crippen molar-refractivity contribution in [3.05, 3.63) is 46.9 Å². The zero-order valence-electron chi connectivity index (χ0n) is 13.5. The molecule has 0 atom stereocenters. The first kappa shape index (κ1) is 15.9. The van der Waals surface area contributed by atoms with E-state index in [1.165, 1.54) is 0 Å². The minimum absolute atomic E-state index is 0.223. The Morgan fingerprint density at radius 2 is 1.95 bits per heavy atom. The van der Waals surface area contributed by atoms with E-state index in [1.54, 1.807) is 13.0 Å². The van der Waals surface area contributed by atoms with E-state index < -0.39 is 0 Å². The molecular weight excluding hydrogens is 276 g/mol. The molecule has 5 heteroatoms. The van der Waals surface area contributed by atoms with Crippen LogP contribution >= 0.6 is 0 Å². The van der Waals surface area contributed by atoms with Gasteiger partial charge in [0.2, 0.25) is 0 Å². The lowest BCUT2D eigenvalue weighted by Crippen LogP contribution is -2.16. The van der Waals surface area contributed by atoms with Gasteiger partial charge < -0.3 is 10.6 Å². The maximum Gasteiger partial charge on any atom is 0.274 e. The smallest absolute Gasteiger partial charge is 0.274 e. The van der Waals surface area contributed by atoms with E-state index in [-0.39, 0.29) is 5.91 Å². The van der Waals surface area contributed by atoms with Gasteiger partial charge in [-0.2, -0.15) is 0 Å². The summed E-state index contributed by atoms with van der Waals surface area (Å²) >= 11 is 0. The van der Waals surface area contributed by atoms with Crippen LogP contribution in [-0.4, -0.2) is 22.4 Å². The summed E-state index contributed by atoms with van der Waals surface area (Å²) in [6.07, 6.45) is 0.993. The second-order valence-corrected chi connectivity index (χ2v) is 5.31. The molecule has 1 aromatic carbocycles. The summed E-state index contributed by atoms with van der Waals surface area (Å²) in [4.78, 5) is 20.9. The number of nitrogens with zero attached hydrogens (tertiary/aromatic N) is 2. The first-order valence-electron chi connectivity index (χ1n) is 7.48. The van der Waals surface area contributed by atoms with Gasteiger partial charge in [0.1, 0.15) is 17.3 Å². The number of amides is 1. The average molecular weight is 298 g/mol. The molecule has 0 spiro atoms. The van der Waals surface area contributed by atoms with Gasteiger partial charge in [-0.05, 0) is 44.4 Å². The fourth-order valence-corrected chi connectivity index (χ4v) is 2.10. The molecular formula is C17H22N4O. The Labute approximate surface area is 131 Å². The van der Waals surface area contributed by atoms with E-state index in [4.69, 9.17) is 0 Å². The Morgan fingerprint density at radius 3 is 2.68 bits per heavy atom. The van der Waals surface area contributed by atoms with Gasteiger partial charge >= 0.3 is 0 Å².